The number of nitrogens with zero attached hydrogens (tertiary/aromatic N) is 1. The van der Waals surface area contributed by atoms with Gasteiger partial charge in [0, 0.05) is 6.54 Å². The molecule has 0 aliphatic carbocycles. The number of imide groups is 1. The number of benzene rings is 2. The van der Waals surface area contributed by atoms with Crippen molar-refractivity contribution >= 4 is 21.9 Å². The lowest BCUT2D eigenvalue weighted by molar-refractivity contribution is 0.0651. The van der Waals surface area contributed by atoms with Crippen molar-refractivity contribution in [2.24, 2.45) is 0 Å². The Morgan fingerprint density at radius 1 is 0.697 bits per heavy atom. The highest BCUT2D eigenvalue weighted by molar-refractivity contribution is 7.86. The highest BCUT2D eigenvalue weighted by atomic mass is 32.2. The number of carbonyl (C=O) groups is 2. The summed E-state index contributed by atoms with van der Waals surface area (Å²) in [6, 6.07) is 13.7. The number of hydrogen-bond donors (Lipinski definition) is 0. The van der Waals surface area contributed by atoms with Crippen LogP contribution in [0.1, 0.15) is 84.1 Å². The molecular weight excluding hydrogens is 438 g/mol. The van der Waals surface area contributed by atoms with E-state index in [1.54, 1.807) is 48.5 Å². The molecule has 0 saturated heterocycles. The quantitative estimate of drug-likeness (QED) is 0.206. The van der Waals surface area contributed by atoms with Crippen LogP contribution in [0.2, 0.25) is 0 Å². The van der Waals surface area contributed by atoms with Crippen LogP contribution >= 0.6 is 0 Å². The number of unbranched alkanes of at least 4 members (excludes halogenated alkanes) is 8. The summed E-state index contributed by atoms with van der Waals surface area (Å²) in [6.45, 7) is 2.61. The van der Waals surface area contributed by atoms with Crippen LogP contribution in [0, 0.1) is 6.92 Å². The molecule has 0 saturated carbocycles. The molecule has 0 bridgehead atoms. The van der Waals surface area contributed by atoms with Crippen LogP contribution in [0.15, 0.2) is 53.4 Å². The van der Waals surface area contributed by atoms with E-state index in [0.717, 1.165) is 63.4 Å². The summed E-state index contributed by atoms with van der Waals surface area (Å²) in [4.78, 5) is 26.2. The van der Waals surface area contributed by atoms with Gasteiger partial charge in [0.1, 0.15) is 0 Å². The van der Waals surface area contributed by atoms with Gasteiger partial charge in [-0.2, -0.15) is 8.42 Å². The van der Waals surface area contributed by atoms with Gasteiger partial charge in [-0.05, 0) is 44.0 Å². The molecule has 0 atom stereocenters. The van der Waals surface area contributed by atoms with Crippen LogP contribution in [0.3, 0.4) is 0 Å². The first-order valence-corrected chi connectivity index (χ1v) is 13.2. The molecule has 1 aliphatic rings. The van der Waals surface area contributed by atoms with Gasteiger partial charge >= 0.3 is 0 Å². The van der Waals surface area contributed by atoms with Crippen molar-refractivity contribution in [2.45, 2.75) is 69.6 Å². The van der Waals surface area contributed by atoms with Crippen LogP contribution in [0.25, 0.3) is 0 Å². The van der Waals surface area contributed by atoms with Crippen molar-refractivity contribution in [1.82, 2.24) is 4.90 Å². The standard InChI is InChI=1S/C26H33NO5S/c1-21-15-17-22(18-16-21)33(30,31)32-20-12-8-6-4-2-3-5-7-11-19-27-25(28)23-13-9-10-14-24(23)26(27)29/h9-10,13-18H,2-8,11-12,19-20H2,1H3. The molecule has 6 nitrogen and oxygen atoms in total. The molecule has 2 aromatic carbocycles. The highest BCUT2D eigenvalue weighted by Crippen LogP contribution is 2.23. The molecule has 1 heterocycles. The number of aryl methyl sites for hydroxylation is 1. The van der Waals surface area contributed by atoms with E-state index in [0.29, 0.717) is 17.7 Å². The summed E-state index contributed by atoms with van der Waals surface area (Å²) in [5, 5.41) is 0. The molecule has 0 spiro atoms. The van der Waals surface area contributed by atoms with Gasteiger partial charge in [0.15, 0.2) is 0 Å². The molecule has 0 fully saturated rings. The first-order valence-electron chi connectivity index (χ1n) is 11.8. The van der Waals surface area contributed by atoms with E-state index >= 15 is 0 Å². The van der Waals surface area contributed by atoms with Crippen LogP contribution < -0.4 is 0 Å². The van der Waals surface area contributed by atoms with Gasteiger partial charge < -0.3 is 0 Å². The van der Waals surface area contributed by atoms with E-state index in [1.165, 1.54) is 4.90 Å². The molecular formula is C26H33NO5S. The van der Waals surface area contributed by atoms with E-state index in [2.05, 4.69) is 0 Å². The second-order valence-electron chi connectivity index (χ2n) is 8.58. The average Bonchev–Trinajstić information content (AvgIpc) is 3.05. The smallest absolute Gasteiger partial charge is 0.274 e. The maximum absolute atomic E-state index is 12.3. The largest absolute Gasteiger partial charge is 0.296 e. The molecule has 0 N–H and O–H groups in total. The summed E-state index contributed by atoms with van der Waals surface area (Å²) in [6.07, 6.45) is 9.02. The second kappa shape index (κ2) is 12.1. The fraction of sp³-hybridized carbons (Fsp3) is 0.462. The third-order valence-corrected chi connectivity index (χ3v) is 7.28. The maximum atomic E-state index is 12.3. The lowest BCUT2D eigenvalue weighted by Crippen LogP contribution is -2.30. The maximum Gasteiger partial charge on any atom is 0.296 e. The molecule has 1 aliphatic heterocycles. The van der Waals surface area contributed by atoms with Crippen molar-refractivity contribution in [3.63, 3.8) is 0 Å². The molecule has 178 valence electrons. The molecule has 0 unspecified atom stereocenters. The first kappa shape index (κ1) is 25.1. The lowest BCUT2D eigenvalue weighted by Gasteiger charge is -2.13. The number of rotatable bonds is 14. The molecule has 0 aromatic heterocycles. The number of carbonyl (C=O) groups excluding carboxylic acids is 2. The van der Waals surface area contributed by atoms with E-state index < -0.39 is 10.1 Å². The van der Waals surface area contributed by atoms with Crippen molar-refractivity contribution in [3.05, 3.63) is 65.2 Å². The van der Waals surface area contributed by atoms with Crippen LogP contribution in [0.4, 0.5) is 0 Å². The summed E-state index contributed by atoms with van der Waals surface area (Å²) < 4.78 is 29.4. The Morgan fingerprint density at radius 3 is 1.73 bits per heavy atom. The van der Waals surface area contributed by atoms with E-state index in [1.807, 2.05) is 6.92 Å². The Hall–Kier alpha value is -2.51. The minimum atomic E-state index is -3.66. The lowest BCUT2D eigenvalue weighted by atomic mass is 10.1. The Kier molecular flexibility index (Phi) is 9.21. The fourth-order valence-electron chi connectivity index (χ4n) is 3.99. The topological polar surface area (TPSA) is 80.8 Å². The predicted octanol–water partition coefficient (Wildman–Crippen LogP) is 5.51. The third kappa shape index (κ3) is 6.98. The Balaban J connectivity index is 1.18. The minimum Gasteiger partial charge on any atom is -0.274 e. The number of fused-ring (bicyclic) bond motifs is 1. The minimum absolute atomic E-state index is 0.175. The average molecular weight is 472 g/mol. The van der Waals surface area contributed by atoms with E-state index in [4.69, 9.17) is 4.18 Å². The Bertz CT molecular complexity index is 1010. The van der Waals surface area contributed by atoms with Crippen LogP contribution in [-0.4, -0.2) is 38.3 Å². The van der Waals surface area contributed by atoms with Gasteiger partial charge in [0.25, 0.3) is 21.9 Å². The van der Waals surface area contributed by atoms with Crippen molar-refractivity contribution in [2.75, 3.05) is 13.2 Å². The van der Waals surface area contributed by atoms with Gasteiger partial charge in [0.2, 0.25) is 0 Å². The SMILES string of the molecule is Cc1ccc(S(=O)(=O)OCCCCCCCCCCCN2C(=O)c3ccccc3C2=O)cc1. The normalized spacial score (nSPS) is 13.5. The van der Waals surface area contributed by atoms with E-state index in [-0.39, 0.29) is 23.3 Å². The Morgan fingerprint density at radius 2 is 1.18 bits per heavy atom. The molecule has 2 aromatic rings. The zero-order valence-electron chi connectivity index (χ0n) is 19.3. The van der Waals surface area contributed by atoms with Crippen LogP contribution in [0.5, 0.6) is 0 Å². The van der Waals surface area contributed by atoms with Crippen LogP contribution in [-0.2, 0) is 14.3 Å². The molecule has 0 radical (unpaired) electrons. The van der Waals surface area contributed by atoms with E-state index in [9.17, 15) is 18.0 Å². The zero-order chi connectivity index (χ0) is 23.7. The second-order valence-corrected chi connectivity index (χ2v) is 10.2. The van der Waals surface area contributed by atoms with Crippen molar-refractivity contribution < 1.29 is 22.2 Å². The molecule has 7 heteroatoms. The van der Waals surface area contributed by atoms with Crippen molar-refractivity contribution in [3.8, 4) is 0 Å². The number of amides is 2. The summed E-state index contributed by atoms with van der Waals surface area (Å²) in [7, 11) is -3.66. The van der Waals surface area contributed by atoms with Gasteiger partial charge in [-0.25, -0.2) is 0 Å². The monoisotopic (exact) mass is 471 g/mol. The summed E-state index contributed by atoms with van der Waals surface area (Å²) >= 11 is 0. The molecule has 2 amide bonds. The summed E-state index contributed by atoms with van der Waals surface area (Å²) in [5.74, 6) is -0.350. The fourth-order valence-corrected chi connectivity index (χ4v) is 4.94. The predicted molar refractivity (Wildman–Crippen MR) is 128 cm³/mol. The summed E-state index contributed by atoms with van der Waals surface area (Å²) in [5.41, 5.74) is 2.04. The zero-order valence-corrected chi connectivity index (χ0v) is 20.1. The van der Waals surface area contributed by atoms with Crippen molar-refractivity contribution in [1.29, 1.82) is 0 Å². The van der Waals surface area contributed by atoms with Gasteiger partial charge in [-0.3, -0.25) is 18.7 Å². The van der Waals surface area contributed by atoms with Gasteiger partial charge in [0.05, 0.1) is 22.6 Å². The molecule has 33 heavy (non-hydrogen) atoms. The highest BCUT2D eigenvalue weighted by Gasteiger charge is 2.34. The van der Waals surface area contributed by atoms with Gasteiger partial charge in [-0.15, -0.1) is 0 Å². The number of hydrogen-bond acceptors (Lipinski definition) is 5. The molecule has 3 rings (SSSR count). The first-order chi connectivity index (χ1) is 15.9. The van der Waals surface area contributed by atoms with Gasteiger partial charge in [-0.1, -0.05) is 74.8 Å². The Labute approximate surface area is 197 Å². The third-order valence-electron chi connectivity index (χ3n) is 5.95.